The second kappa shape index (κ2) is 6.33. The summed E-state index contributed by atoms with van der Waals surface area (Å²) in [5.41, 5.74) is 2.15. The van der Waals surface area contributed by atoms with Gasteiger partial charge in [0.05, 0.1) is 5.69 Å². The van der Waals surface area contributed by atoms with E-state index in [9.17, 15) is 5.21 Å². The molecule has 1 aromatic heterocycles. The van der Waals surface area contributed by atoms with Crippen molar-refractivity contribution in [1.82, 2.24) is 20.2 Å². The molecule has 0 saturated heterocycles. The Balaban J connectivity index is 2.07. The lowest BCUT2D eigenvalue weighted by Crippen LogP contribution is -1.99. The Morgan fingerprint density at radius 1 is 1.05 bits per heavy atom. The van der Waals surface area contributed by atoms with Gasteiger partial charge in [-0.3, -0.25) is 0 Å². The minimum Gasteiger partial charge on any atom is -0.498 e. The average Bonchev–Trinajstić information content (AvgIpc) is 3.04. The summed E-state index contributed by atoms with van der Waals surface area (Å²) >= 11 is 0. The van der Waals surface area contributed by atoms with Gasteiger partial charge in [-0.05, 0) is 28.1 Å². The molecule has 0 spiro atoms. The SMILES string of the molecule is [O-][N+]#C/C(=C\c1nnnn1-c1ccccc1)c1ccccc1. The molecule has 0 bridgehead atoms. The standard InChI is InChI=1S/C16H11N5O/c22-17-12-14(13-7-3-1-4-8-13)11-16-18-19-20-21(16)15-9-5-2-6-10-15/h1-11H/b14-11+. The second-order valence-electron chi connectivity index (χ2n) is 4.41. The highest BCUT2D eigenvalue weighted by molar-refractivity contribution is 5.89. The van der Waals surface area contributed by atoms with Crippen LogP contribution in [0, 0.1) is 11.3 Å². The molecule has 0 aliphatic carbocycles. The van der Waals surface area contributed by atoms with E-state index >= 15 is 0 Å². The molecule has 22 heavy (non-hydrogen) atoms. The van der Waals surface area contributed by atoms with Gasteiger partial charge in [-0.25, -0.2) is 0 Å². The maximum atomic E-state index is 10.6. The van der Waals surface area contributed by atoms with Crippen molar-refractivity contribution in [1.29, 1.82) is 0 Å². The van der Waals surface area contributed by atoms with Crippen molar-refractivity contribution >= 4 is 11.6 Å². The van der Waals surface area contributed by atoms with E-state index in [2.05, 4.69) is 26.6 Å². The molecule has 0 N–H and O–H groups in total. The smallest absolute Gasteiger partial charge is 0.337 e. The fraction of sp³-hybridized carbons (Fsp3) is 0. The third-order valence-corrected chi connectivity index (χ3v) is 3.02. The normalized spacial score (nSPS) is 10.8. The lowest BCUT2D eigenvalue weighted by atomic mass is 10.1. The number of hydrogen-bond donors (Lipinski definition) is 0. The molecule has 0 radical (unpaired) electrons. The van der Waals surface area contributed by atoms with E-state index < -0.39 is 0 Å². The minimum atomic E-state index is 0.487. The number of para-hydroxylation sites is 1. The van der Waals surface area contributed by atoms with E-state index in [1.54, 1.807) is 10.8 Å². The van der Waals surface area contributed by atoms with Crippen molar-refractivity contribution in [2.45, 2.75) is 0 Å². The third-order valence-electron chi connectivity index (χ3n) is 3.02. The van der Waals surface area contributed by atoms with Crippen molar-refractivity contribution in [2.24, 2.45) is 0 Å². The fourth-order valence-electron chi connectivity index (χ4n) is 2.01. The summed E-state index contributed by atoms with van der Waals surface area (Å²) < 4.78 is 1.58. The molecule has 106 valence electrons. The predicted molar refractivity (Wildman–Crippen MR) is 84.1 cm³/mol. The zero-order chi connectivity index (χ0) is 15.2. The highest BCUT2D eigenvalue weighted by Crippen LogP contribution is 2.17. The van der Waals surface area contributed by atoms with E-state index in [0.29, 0.717) is 11.4 Å². The van der Waals surface area contributed by atoms with Crippen LogP contribution in [0.25, 0.3) is 22.3 Å². The fourth-order valence-corrected chi connectivity index (χ4v) is 2.01. The van der Waals surface area contributed by atoms with Gasteiger partial charge in [-0.2, -0.15) is 4.68 Å². The van der Waals surface area contributed by atoms with Crippen LogP contribution in [-0.4, -0.2) is 20.2 Å². The number of benzene rings is 2. The van der Waals surface area contributed by atoms with Crippen LogP contribution in [0.1, 0.15) is 11.4 Å². The summed E-state index contributed by atoms with van der Waals surface area (Å²) in [4.78, 5) is 0. The van der Waals surface area contributed by atoms with Crippen LogP contribution >= 0.6 is 0 Å². The summed E-state index contributed by atoms with van der Waals surface area (Å²) in [5, 5.41) is 25.0. The number of tetrazole rings is 1. The van der Waals surface area contributed by atoms with E-state index in [1.807, 2.05) is 60.7 Å². The summed E-state index contributed by atoms with van der Waals surface area (Å²) in [6.07, 6.45) is 1.67. The summed E-state index contributed by atoms with van der Waals surface area (Å²) in [6, 6.07) is 21.3. The molecule has 2 aromatic carbocycles. The topological polar surface area (TPSA) is 71.0 Å². The van der Waals surface area contributed by atoms with Crippen LogP contribution in [0.15, 0.2) is 60.7 Å². The molecule has 3 rings (SSSR count). The van der Waals surface area contributed by atoms with Gasteiger partial charge in [-0.15, -0.1) is 5.10 Å². The van der Waals surface area contributed by atoms with Crippen LogP contribution in [0.3, 0.4) is 0 Å². The Morgan fingerprint density at radius 3 is 2.41 bits per heavy atom. The molecule has 6 nitrogen and oxygen atoms in total. The summed E-state index contributed by atoms with van der Waals surface area (Å²) in [5.74, 6) is 0.487. The van der Waals surface area contributed by atoms with Gasteiger partial charge in [0.25, 0.3) is 0 Å². The molecule has 0 atom stereocenters. The molecule has 3 aromatic rings. The number of rotatable bonds is 3. The first-order valence-corrected chi connectivity index (χ1v) is 6.58. The Bertz CT molecular complexity index is 844. The molecule has 1 heterocycles. The maximum absolute atomic E-state index is 10.6. The molecule has 0 unspecified atom stereocenters. The van der Waals surface area contributed by atoms with E-state index in [1.165, 1.54) is 0 Å². The van der Waals surface area contributed by atoms with E-state index in [4.69, 9.17) is 0 Å². The van der Waals surface area contributed by atoms with Crippen molar-refractivity contribution in [2.75, 3.05) is 0 Å². The largest absolute Gasteiger partial charge is 0.498 e. The van der Waals surface area contributed by atoms with Gasteiger partial charge in [0.15, 0.2) is 5.82 Å². The van der Waals surface area contributed by atoms with Crippen LogP contribution in [-0.2, 0) is 0 Å². The second-order valence-corrected chi connectivity index (χ2v) is 4.41. The van der Waals surface area contributed by atoms with E-state index in [-0.39, 0.29) is 0 Å². The van der Waals surface area contributed by atoms with Crippen molar-refractivity contribution < 1.29 is 0 Å². The van der Waals surface area contributed by atoms with Crippen molar-refractivity contribution in [3.05, 3.63) is 82.3 Å². The van der Waals surface area contributed by atoms with Gasteiger partial charge in [0.2, 0.25) is 0 Å². The van der Waals surface area contributed by atoms with Crippen LogP contribution < -0.4 is 0 Å². The Hall–Kier alpha value is -3.46. The Morgan fingerprint density at radius 2 is 1.73 bits per heavy atom. The molecule has 0 aliphatic heterocycles. The van der Waals surface area contributed by atoms with Gasteiger partial charge >= 0.3 is 6.07 Å². The van der Waals surface area contributed by atoms with Crippen LogP contribution in [0.2, 0.25) is 0 Å². The molecular formula is C16H11N5O. The third kappa shape index (κ3) is 2.83. The highest BCUT2D eigenvalue weighted by Gasteiger charge is 2.10. The zero-order valence-corrected chi connectivity index (χ0v) is 11.5. The van der Waals surface area contributed by atoms with Gasteiger partial charge in [-0.1, -0.05) is 48.5 Å². The molecular weight excluding hydrogens is 278 g/mol. The Labute approximate surface area is 126 Å². The Kier molecular flexibility index (Phi) is 3.89. The lowest BCUT2D eigenvalue weighted by Gasteiger charge is -2.01. The van der Waals surface area contributed by atoms with Crippen molar-refractivity contribution in [3.63, 3.8) is 0 Å². The van der Waals surface area contributed by atoms with Crippen LogP contribution in [0.4, 0.5) is 0 Å². The van der Waals surface area contributed by atoms with Gasteiger partial charge in [0.1, 0.15) is 5.57 Å². The van der Waals surface area contributed by atoms with Gasteiger partial charge < -0.3 is 5.21 Å². The first kappa shape index (κ1) is 13.5. The lowest BCUT2D eigenvalue weighted by molar-refractivity contribution is 0.787. The monoisotopic (exact) mass is 289 g/mol. The molecule has 6 heteroatoms. The van der Waals surface area contributed by atoms with Gasteiger partial charge in [0, 0.05) is 11.1 Å². The van der Waals surface area contributed by atoms with Crippen molar-refractivity contribution in [3.8, 4) is 11.8 Å². The zero-order valence-electron chi connectivity index (χ0n) is 11.5. The minimum absolute atomic E-state index is 0.487. The average molecular weight is 289 g/mol. The summed E-state index contributed by atoms with van der Waals surface area (Å²) in [6.45, 7) is 0. The highest BCUT2D eigenvalue weighted by atomic mass is 16.4. The number of aromatic nitrogens is 4. The predicted octanol–water partition coefficient (Wildman–Crippen LogP) is 3.03. The van der Waals surface area contributed by atoms with E-state index in [0.717, 1.165) is 11.3 Å². The number of hydrogen-bond acceptors (Lipinski definition) is 4. The number of nitrogens with zero attached hydrogens (tertiary/aromatic N) is 5. The van der Waals surface area contributed by atoms with Crippen LogP contribution in [0.5, 0.6) is 0 Å². The number of allylic oxidation sites excluding steroid dienone is 1. The quantitative estimate of drug-likeness (QED) is 0.549. The first-order valence-electron chi connectivity index (χ1n) is 6.58. The first-order chi connectivity index (χ1) is 10.9. The molecule has 0 fully saturated rings. The molecule has 0 saturated carbocycles. The molecule has 0 aliphatic rings. The summed E-state index contributed by atoms with van der Waals surface area (Å²) in [7, 11) is 0. The maximum Gasteiger partial charge on any atom is 0.337 e. The molecule has 0 amide bonds.